The molecule has 0 saturated carbocycles. The van der Waals surface area contributed by atoms with Crippen LogP contribution in [0.1, 0.15) is 27.7 Å². The molecule has 0 radical (unpaired) electrons. The number of nitro benzene ring substituents is 1. The van der Waals surface area contributed by atoms with E-state index in [1.807, 2.05) is 27.7 Å². The number of aromatic nitrogens is 1. The first kappa shape index (κ1) is 17.9. The van der Waals surface area contributed by atoms with E-state index in [0.717, 1.165) is 10.4 Å². The Bertz CT molecular complexity index is 735. The number of ether oxygens (including phenoxy) is 1. The minimum Gasteiger partial charge on any atom is -0.443 e. The van der Waals surface area contributed by atoms with Gasteiger partial charge < -0.3 is 4.74 Å². The molecule has 0 N–H and O–H groups in total. The zero-order valence-electron chi connectivity index (χ0n) is 14.0. The molecule has 2 aromatic rings. The van der Waals surface area contributed by atoms with Crippen molar-refractivity contribution in [1.29, 1.82) is 0 Å². The summed E-state index contributed by atoms with van der Waals surface area (Å²) in [4.78, 5) is 29.1. The third-order valence-corrected chi connectivity index (χ3v) is 4.09. The van der Waals surface area contributed by atoms with Crippen molar-refractivity contribution in [3.63, 3.8) is 0 Å². The van der Waals surface area contributed by atoms with Crippen molar-refractivity contribution in [2.45, 2.75) is 33.3 Å². The van der Waals surface area contributed by atoms with Crippen LogP contribution in [0.2, 0.25) is 0 Å². The Hall–Kier alpha value is -2.48. The van der Waals surface area contributed by atoms with E-state index in [2.05, 4.69) is 4.98 Å². The van der Waals surface area contributed by atoms with Gasteiger partial charge in [-0.15, -0.1) is 0 Å². The van der Waals surface area contributed by atoms with Gasteiger partial charge in [0.05, 0.1) is 9.80 Å². The summed E-state index contributed by atoms with van der Waals surface area (Å²) in [7, 11) is 0. The van der Waals surface area contributed by atoms with Gasteiger partial charge in [0.1, 0.15) is 5.60 Å². The zero-order chi connectivity index (χ0) is 17.9. The predicted molar refractivity (Wildman–Crippen MR) is 93.5 cm³/mol. The Morgan fingerprint density at radius 3 is 2.46 bits per heavy atom. The molecular formula is C16H19N3O4S. The van der Waals surface area contributed by atoms with E-state index >= 15 is 0 Å². The highest BCUT2D eigenvalue weighted by molar-refractivity contribution is 7.19. The van der Waals surface area contributed by atoms with Crippen LogP contribution in [-0.2, 0) is 4.74 Å². The smallest absolute Gasteiger partial charge is 0.416 e. The molecule has 0 atom stereocenters. The number of anilines is 1. The van der Waals surface area contributed by atoms with E-state index in [4.69, 9.17) is 4.74 Å². The van der Waals surface area contributed by atoms with Crippen LogP contribution in [0.25, 0.3) is 10.4 Å². The lowest BCUT2D eigenvalue weighted by Gasteiger charge is -2.24. The molecule has 0 saturated heterocycles. The van der Waals surface area contributed by atoms with Gasteiger partial charge in [-0.05, 0) is 45.4 Å². The molecule has 0 fully saturated rings. The second-order valence-electron chi connectivity index (χ2n) is 6.04. The van der Waals surface area contributed by atoms with Gasteiger partial charge in [0, 0.05) is 24.9 Å². The predicted octanol–water partition coefficient (Wildman–Crippen LogP) is 4.48. The number of non-ortho nitro benzene ring substituents is 1. The third kappa shape index (κ3) is 4.29. The van der Waals surface area contributed by atoms with Crippen molar-refractivity contribution < 1.29 is 14.5 Å². The van der Waals surface area contributed by atoms with E-state index in [0.29, 0.717) is 11.7 Å². The summed E-state index contributed by atoms with van der Waals surface area (Å²) in [5.74, 6) is 0. The van der Waals surface area contributed by atoms with Crippen LogP contribution in [-0.4, -0.2) is 28.1 Å². The largest absolute Gasteiger partial charge is 0.443 e. The molecule has 24 heavy (non-hydrogen) atoms. The first-order valence-corrected chi connectivity index (χ1v) is 8.24. The highest BCUT2D eigenvalue weighted by atomic mass is 32.1. The number of hydrogen-bond donors (Lipinski definition) is 0. The normalized spacial score (nSPS) is 11.2. The monoisotopic (exact) mass is 349 g/mol. The number of benzene rings is 1. The Morgan fingerprint density at radius 2 is 1.96 bits per heavy atom. The molecule has 7 nitrogen and oxygen atoms in total. The molecule has 1 heterocycles. The molecule has 0 spiro atoms. The van der Waals surface area contributed by atoms with Gasteiger partial charge in [0.25, 0.3) is 5.69 Å². The number of thiazole rings is 1. The highest BCUT2D eigenvalue weighted by Gasteiger charge is 2.24. The van der Waals surface area contributed by atoms with Crippen LogP contribution in [0.3, 0.4) is 0 Å². The van der Waals surface area contributed by atoms with Crippen LogP contribution >= 0.6 is 11.3 Å². The third-order valence-electron chi connectivity index (χ3n) is 3.02. The van der Waals surface area contributed by atoms with Crippen LogP contribution < -0.4 is 4.90 Å². The van der Waals surface area contributed by atoms with E-state index in [9.17, 15) is 14.9 Å². The van der Waals surface area contributed by atoms with Gasteiger partial charge in [-0.3, -0.25) is 15.0 Å². The zero-order valence-corrected chi connectivity index (χ0v) is 14.8. The van der Waals surface area contributed by atoms with Crippen molar-refractivity contribution in [2.75, 3.05) is 11.4 Å². The van der Waals surface area contributed by atoms with Gasteiger partial charge in [0.2, 0.25) is 0 Å². The molecule has 8 heteroatoms. The molecule has 1 aromatic carbocycles. The van der Waals surface area contributed by atoms with Crippen molar-refractivity contribution in [1.82, 2.24) is 4.98 Å². The fourth-order valence-electron chi connectivity index (χ4n) is 1.93. The Morgan fingerprint density at radius 1 is 1.33 bits per heavy atom. The van der Waals surface area contributed by atoms with Crippen LogP contribution in [0, 0.1) is 10.1 Å². The number of carbonyl (C=O) groups excluding carboxylic acids is 1. The van der Waals surface area contributed by atoms with Crippen molar-refractivity contribution in [2.24, 2.45) is 0 Å². The van der Waals surface area contributed by atoms with E-state index in [1.54, 1.807) is 18.3 Å². The lowest BCUT2D eigenvalue weighted by atomic mass is 10.2. The molecular weight excluding hydrogens is 330 g/mol. The molecule has 0 aliphatic carbocycles. The van der Waals surface area contributed by atoms with Crippen LogP contribution in [0.5, 0.6) is 0 Å². The standard InChI is InChI=1S/C16H19N3O4S/c1-5-18(15(20)23-16(2,3)4)14-17-10-13(24-14)11-6-8-12(9-7-11)19(21)22/h6-10H,5H2,1-4H3. The fraction of sp³-hybridized carbons (Fsp3) is 0.375. The van der Waals surface area contributed by atoms with Gasteiger partial charge in [-0.2, -0.15) is 0 Å². The second kappa shape index (κ2) is 6.96. The number of hydrogen-bond acceptors (Lipinski definition) is 6. The number of nitro groups is 1. The topological polar surface area (TPSA) is 85.6 Å². The molecule has 0 aliphatic rings. The van der Waals surface area contributed by atoms with Crippen LogP contribution in [0.15, 0.2) is 30.5 Å². The average Bonchev–Trinajstić information content (AvgIpc) is 2.96. The SMILES string of the molecule is CCN(C(=O)OC(C)(C)C)c1ncc(-c2ccc([N+](=O)[O-])cc2)s1. The summed E-state index contributed by atoms with van der Waals surface area (Å²) in [5.41, 5.74) is 0.264. The molecule has 0 unspecified atom stereocenters. The number of carbonyl (C=O) groups is 1. The molecule has 2 rings (SSSR count). The fourth-order valence-corrected chi connectivity index (χ4v) is 2.91. The van der Waals surface area contributed by atoms with E-state index in [1.165, 1.54) is 28.4 Å². The number of nitrogens with zero attached hydrogens (tertiary/aromatic N) is 3. The maximum absolute atomic E-state index is 12.3. The summed E-state index contributed by atoms with van der Waals surface area (Å²) in [6.45, 7) is 7.70. The summed E-state index contributed by atoms with van der Waals surface area (Å²) in [5, 5.41) is 11.2. The van der Waals surface area contributed by atoms with Gasteiger partial charge >= 0.3 is 6.09 Å². The van der Waals surface area contributed by atoms with Crippen molar-refractivity contribution >= 4 is 28.2 Å². The molecule has 128 valence electrons. The lowest BCUT2D eigenvalue weighted by molar-refractivity contribution is -0.384. The Balaban J connectivity index is 2.22. The first-order chi connectivity index (χ1) is 11.2. The highest BCUT2D eigenvalue weighted by Crippen LogP contribution is 2.32. The van der Waals surface area contributed by atoms with Gasteiger partial charge in [0.15, 0.2) is 5.13 Å². The maximum Gasteiger partial charge on any atom is 0.416 e. The molecule has 0 bridgehead atoms. The summed E-state index contributed by atoms with van der Waals surface area (Å²) < 4.78 is 5.38. The minimum atomic E-state index is -0.580. The Labute approximate surface area is 144 Å². The van der Waals surface area contributed by atoms with E-state index < -0.39 is 16.6 Å². The van der Waals surface area contributed by atoms with Crippen molar-refractivity contribution in [3.05, 3.63) is 40.6 Å². The van der Waals surface area contributed by atoms with E-state index in [-0.39, 0.29) is 5.69 Å². The average molecular weight is 349 g/mol. The molecule has 0 aliphatic heterocycles. The Kier molecular flexibility index (Phi) is 5.18. The molecule has 1 amide bonds. The minimum absolute atomic E-state index is 0.0347. The first-order valence-electron chi connectivity index (χ1n) is 7.42. The number of rotatable bonds is 4. The summed E-state index contributed by atoms with van der Waals surface area (Å²) in [6.07, 6.45) is 1.20. The lowest BCUT2D eigenvalue weighted by Crippen LogP contribution is -2.36. The quantitative estimate of drug-likeness (QED) is 0.600. The maximum atomic E-state index is 12.3. The van der Waals surface area contributed by atoms with Gasteiger partial charge in [-0.1, -0.05) is 11.3 Å². The number of amides is 1. The molecule has 1 aromatic heterocycles. The van der Waals surface area contributed by atoms with Crippen molar-refractivity contribution in [3.8, 4) is 10.4 Å². The van der Waals surface area contributed by atoms with Gasteiger partial charge in [-0.25, -0.2) is 9.78 Å². The van der Waals surface area contributed by atoms with Crippen LogP contribution in [0.4, 0.5) is 15.6 Å². The second-order valence-corrected chi connectivity index (χ2v) is 7.04. The summed E-state index contributed by atoms with van der Waals surface area (Å²) in [6, 6.07) is 6.22. The summed E-state index contributed by atoms with van der Waals surface area (Å²) >= 11 is 1.33.